The summed E-state index contributed by atoms with van der Waals surface area (Å²) in [6.45, 7) is 0. The minimum atomic E-state index is -5.19. The van der Waals surface area contributed by atoms with E-state index in [0.717, 1.165) is 11.6 Å². The highest BCUT2D eigenvalue weighted by molar-refractivity contribution is 7.89. The number of nitrogens with two attached hydrogens (primary N) is 1. The van der Waals surface area contributed by atoms with Crippen molar-refractivity contribution in [1.82, 2.24) is 19.6 Å². The number of nitrogens with zero attached hydrogens (tertiary/aromatic N) is 4. The Morgan fingerprint density at radius 1 is 1.31 bits per heavy atom. The van der Waals surface area contributed by atoms with Crippen LogP contribution < -0.4 is 9.88 Å². The van der Waals surface area contributed by atoms with Crippen molar-refractivity contribution >= 4 is 15.7 Å². The number of halogens is 4. The van der Waals surface area contributed by atoms with Gasteiger partial charge in [0.2, 0.25) is 10.0 Å². The molecule has 0 aliphatic heterocycles. The van der Waals surface area contributed by atoms with E-state index in [2.05, 4.69) is 15.1 Å². The summed E-state index contributed by atoms with van der Waals surface area (Å²) >= 11 is 0. The molecule has 0 unspecified atom stereocenters. The molecule has 0 spiro atoms. The Morgan fingerprint density at radius 2 is 2.00 bits per heavy atom. The van der Waals surface area contributed by atoms with Crippen molar-refractivity contribution in [1.29, 1.82) is 0 Å². The van der Waals surface area contributed by atoms with Gasteiger partial charge in [0.05, 0.1) is 12.7 Å². The van der Waals surface area contributed by atoms with Crippen molar-refractivity contribution in [2.45, 2.75) is 11.1 Å². The Morgan fingerprint density at radius 3 is 2.54 bits per heavy atom. The zero-order chi connectivity index (χ0) is 19.3. The van der Waals surface area contributed by atoms with Gasteiger partial charge in [-0.15, -0.1) is 5.10 Å². The lowest BCUT2D eigenvalue weighted by Crippen LogP contribution is -2.21. The maximum atomic E-state index is 14.9. The number of alkyl halides is 3. The minimum Gasteiger partial charge on any atom is -0.496 e. The Kier molecular flexibility index (Phi) is 4.07. The van der Waals surface area contributed by atoms with Crippen molar-refractivity contribution in [2.24, 2.45) is 5.14 Å². The van der Waals surface area contributed by atoms with E-state index in [1.165, 1.54) is 18.6 Å². The van der Waals surface area contributed by atoms with Crippen LogP contribution in [-0.2, 0) is 16.2 Å². The van der Waals surface area contributed by atoms with E-state index in [1.54, 1.807) is 0 Å². The van der Waals surface area contributed by atoms with Gasteiger partial charge in [-0.2, -0.15) is 13.2 Å². The molecule has 2 heterocycles. The van der Waals surface area contributed by atoms with Gasteiger partial charge in [0.25, 0.3) is 0 Å². The number of hydrogen-bond donors (Lipinski definition) is 1. The summed E-state index contributed by atoms with van der Waals surface area (Å²) in [7, 11) is -4.07. The number of hydrogen-bond acceptors (Lipinski definition) is 6. The number of primary sulfonamides is 1. The molecular weight excluding hydrogens is 382 g/mol. The fraction of sp³-hybridized carbons (Fsp3) is 0.154. The summed E-state index contributed by atoms with van der Waals surface area (Å²) in [4.78, 5) is 5.99. The molecule has 8 nitrogen and oxygen atoms in total. The first-order valence-electron chi connectivity index (χ1n) is 6.71. The summed E-state index contributed by atoms with van der Waals surface area (Å²) in [6.07, 6.45) is -2.60. The first kappa shape index (κ1) is 18.0. The van der Waals surface area contributed by atoms with Gasteiger partial charge in [0, 0.05) is 12.3 Å². The van der Waals surface area contributed by atoms with Crippen LogP contribution in [-0.4, -0.2) is 35.1 Å². The van der Waals surface area contributed by atoms with Gasteiger partial charge in [0.15, 0.2) is 17.3 Å². The average molecular weight is 391 g/mol. The summed E-state index contributed by atoms with van der Waals surface area (Å²) in [6, 6.07) is 1.74. The number of methoxy groups -OCH3 is 1. The predicted octanol–water partition coefficient (Wildman–Crippen LogP) is 1.61. The monoisotopic (exact) mass is 391 g/mol. The second kappa shape index (κ2) is 5.88. The molecule has 0 radical (unpaired) electrons. The van der Waals surface area contributed by atoms with Crippen molar-refractivity contribution in [2.75, 3.05) is 7.11 Å². The summed E-state index contributed by atoms with van der Waals surface area (Å²) in [5.41, 5.74) is -2.26. The second-order valence-corrected chi connectivity index (χ2v) is 6.50. The molecule has 2 aromatic heterocycles. The van der Waals surface area contributed by atoms with Gasteiger partial charge >= 0.3 is 6.18 Å². The number of fused-ring (bicyclic) bond motifs is 1. The molecular formula is C13H9F4N5O3S. The van der Waals surface area contributed by atoms with E-state index in [-0.39, 0.29) is 5.65 Å². The van der Waals surface area contributed by atoms with E-state index in [0.29, 0.717) is 6.07 Å². The molecule has 0 bridgehead atoms. The zero-order valence-electron chi connectivity index (χ0n) is 12.8. The lowest BCUT2D eigenvalue weighted by Gasteiger charge is -2.16. The third-order valence-electron chi connectivity index (χ3n) is 3.36. The second-order valence-electron chi connectivity index (χ2n) is 5.01. The predicted molar refractivity (Wildman–Crippen MR) is 79.1 cm³/mol. The number of rotatable bonds is 3. The Labute approximate surface area is 143 Å². The average Bonchev–Trinajstić information content (AvgIpc) is 2.94. The number of sulfonamides is 1. The van der Waals surface area contributed by atoms with E-state index >= 15 is 0 Å². The first-order valence-corrected chi connectivity index (χ1v) is 8.26. The number of ether oxygens (including phenoxy) is 1. The molecule has 0 saturated heterocycles. The van der Waals surface area contributed by atoms with E-state index in [4.69, 9.17) is 9.88 Å². The smallest absolute Gasteiger partial charge is 0.417 e. The zero-order valence-corrected chi connectivity index (χ0v) is 13.6. The molecule has 138 valence electrons. The van der Waals surface area contributed by atoms with Gasteiger partial charge in [-0.1, -0.05) is 0 Å². The normalized spacial score (nSPS) is 12.5. The van der Waals surface area contributed by atoms with E-state index in [9.17, 15) is 26.0 Å². The molecule has 0 fully saturated rings. The van der Waals surface area contributed by atoms with Crippen molar-refractivity contribution in [3.05, 3.63) is 36.0 Å². The molecule has 3 rings (SSSR count). The van der Waals surface area contributed by atoms with Gasteiger partial charge < -0.3 is 4.74 Å². The quantitative estimate of drug-likeness (QED) is 0.679. The molecule has 13 heteroatoms. The summed E-state index contributed by atoms with van der Waals surface area (Å²) in [5, 5.41) is 8.68. The molecule has 0 aliphatic rings. The van der Waals surface area contributed by atoms with Crippen LogP contribution in [0.3, 0.4) is 0 Å². The SMILES string of the molecule is COc1cc(C(F)(F)F)c(S(N)(=O)=O)c(F)c1-c1nc2ccncn2n1. The van der Waals surface area contributed by atoms with Crippen LogP contribution in [0.1, 0.15) is 5.56 Å². The Bertz CT molecular complexity index is 1080. The standard InChI is InChI=1S/C13H9F4N5O3S/c1-25-7-4-6(13(15,16)17)11(26(18,23)24)10(14)9(7)12-20-8-2-3-19-5-22(8)21-12/h2-5H,1H3,(H2,18,23,24). The fourth-order valence-corrected chi connectivity index (χ4v) is 3.15. The summed E-state index contributed by atoms with van der Waals surface area (Å²) < 4.78 is 83.6. The third kappa shape index (κ3) is 2.94. The molecule has 1 aromatic carbocycles. The number of aromatic nitrogens is 4. The summed E-state index contributed by atoms with van der Waals surface area (Å²) in [5.74, 6) is -2.76. The van der Waals surface area contributed by atoms with Crippen molar-refractivity contribution in [3.63, 3.8) is 0 Å². The van der Waals surface area contributed by atoms with Crippen LogP contribution in [0, 0.1) is 5.82 Å². The highest BCUT2D eigenvalue weighted by Crippen LogP contribution is 2.42. The van der Waals surface area contributed by atoms with Gasteiger partial charge in [-0.25, -0.2) is 32.4 Å². The van der Waals surface area contributed by atoms with Crippen LogP contribution in [0.4, 0.5) is 17.6 Å². The van der Waals surface area contributed by atoms with Crippen LogP contribution >= 0.6 is 0 Å². The molecule has 0 atom stereocenters. The largest absolute Gasteiger partial charge is 0.496 e. The molecule has 0 saturated carbocycles. The molecule has 0 aliphatic carbocycles. The minimum absolute atomic E-state index is 0.202. The van der Waals surface area contributed by atoms with Crippen LogP contribution in [0.25, 0.3) is 17.0 Å². The van der Waals surface area contributed by atoms with Crippen LogP contribution in [0.15, 0.2) is 29.6 Å². The molecule has 26 heavy (non-hydrogen) atoms. The van der Waals surface area contributed by atoms with Crippen LogP contribution in [0.2, 0.25) is 0 Å². The van der Waals surface area contributed by atoms with E-state index in [1.807, 2.05) is 0 Å². The maximum absolute atomic E-state index is 14.9. The lowest BCUT2D eigenvalue weighted by atomic mass is 10.1. The van der Waals surface area contributed by atoms with Crippen molar-refractivity contribution < 1.29 is 30.7 Å². The lowest BCUT2D eigenvalue weighted by molar-refractivity contribution is -0.140. The first-order chi connectivity index (χ1) is 12.0. The van der Waals surface area contributed by atoms with Gasteiger partial charge in [-0.05, 0) is 6.07 Å². The Hall–Kier alpha value is -2.80. The van der Waals surface area contributed by atoms with Gasteiger partial charge in [-0.3, -0.25) is 0 Å². The van der Waals surface area contributed by atoms with E-state index < -0.39 is 49.6 Å². The van der Waals surface area contributed by atoms with Gasteiger partial charge in [0.1, 0.15) is 22.5 Å². The highest BCUT2D eigenvalue weighted by atomic mass is 32.2. The fourth-order valence-electron chi connectivity index (χ4n) is 2.32. The molecule has 2 N–H and O–H groups in total. The molecule has 0 amide bonds. The Balaban J connectivity index is 2.42. The number of benzene rings is 1. The third-order valence-corrected chi connectivity index (χ3v) is 4.33. The highest BCUT2D eigenvalue weighted by Gasteiger charge is 2.41. The molecule has 3 aromatic rings. The van der Waals surface area contributed by atoms with Crippen molar-refractivity contribution in [3.8, 4) is 17.1 Å². The van der Waals surface area contributed by atoms with Crippen LogP contribution in [0.5, 0.6) is 5.75 Å². The topological polar surface area (TPSA) is 112 Å². The maximum Gasteiger partial charge on any atom is 0.417 e.